The van der Waals surface area contributed by atoms with Gasteiger partial charge in [-0.2, -0.15) is 0 Å². The van der Waals surface area contributed by atoms with E-state index in [-0.39, 0.29) is 17.6 Å². The van der Waals surface area contributed by atoms with Gasteiger partial charge in [-0.15, -0.1) is 0 Å². The van der Waals surface area contributed by atoms with E-state index in [2.05, 4.69) is 9.47 Å². The number of rotatable bonds is 6. The van der Waals surface area contributed by atoms with Crippen molar-refractivity contribution in [2.45, 2.75) is 33.2 Å². The second-order valence-electron chi connectivity index (χ2n) is 7.91. The average Bonchev–Trinajstić information content (AvgIpc) is 3.13. The molecule has 1 fully saturated rings. The van der Waals surface area contributed by atoms with Gasteiger partial charge in [0.15, 0.2) is 0 Å². The molecule has 6 heteroatoms. The van der Waals surface area contributed by atoms with Gasteiger partial charge in [-0.05, 0) is 69.6 Å². The number of carbonyl (C=O) groups excluding carboxylic acids is 1. The number of halogens is 1. The zero-order chi connectivity index (χ0) is 21.1. The molecule has 0 N–H and O–H groups in total. The molecular weight excluding hydrogens is 379 g/mol. The number of hydrogen-bond donors (Lipinski definition) is 0. The van der Waals surface area contributed by atoms with Gasteiger partial charge in [0.2, 0.25) is 5.91 Å². The van der Waals surface area contributed by atoms with Crippen molar-refractivity contribution in [3.63, 3.8) is 0 Å². The number of aromatic nitrogens is 2. The van der Waals surface area contributed by atoms with Crippen LogP contribution in [0.5, 0.6) is 0 Å². The minimum Gasteiger partial charge on any atom is -0.343 e. The predicted molar refractivity (Wildman–Crippen MR) is 117 cm³/mol. The van der Waals surface area contributed by atoms with Gasteiger partial charge >= 0.3 is 0 Å². The maximum atomic E-state index is 13.5. The first-order valence-electron chi connectivity index (χ1n) is 10.8. The lowest BCUT2D eigenvalue weighted by Crippen LogP contribution is -2.44. The molecule has 0 unspecified atom stereocenters. The molecule has 0 radical (unpaired) electrons. The smallest absolute Gasteiger partial charge is 0.226 e. The number of fused-ring (bicyclic) bond motifs is 1. The van der Waals surface area contributed by atoms with Crippen LogP contribution in [0.2, 0.25) is 0 Å². The lowest BCUT2D eigenvalue weighted by atomic mass is 9.96. The zero-order valence-electron chi connectivity index (χ0n) is 17.7. The highest BCUT2D eigenvalue weighted by Gasteiger charge is 2.29. The minimum atomic E-state index is -0.251. The molecule has 4 rings (SSSR count). The Labute approximate surface area is 177 Å². The van der Waals surface area contributed by atoms with Crippen LogP contribution in [-0.2, 0) is 11.3 Å². The van der Waals surface area contributed by atoms with Crippen LogP contribution in [0, 0.1) is 11.7 Å². The van der Waals surface area contributed by atoms with Crippen molar-refractivity contribution in [3.05, 3.63) is 60.2 Å². The zero-order valence-corrected chi connectivity index (χ0v) is 17.7. The number of hydrogen-bond acceptors (Lipinski definition) is 3. The van der Waals surface area contributed by atoms with E-state index in [1.165, 1.54) is 12.1 Å². The van der Waals surface area contributed by atoms with E-state index in [4.69, 9.17) is 4.98 Å². The van der Waals surface area contributed by atoms with Crippen LogP contribution in [0.3, 0.4) is 0 Å². The Hall–Kier alpha value is -2.73. The highest BCUT2D eigenvalue weighted by atomic mass is 19.1. The highest BCUT2D eigenvalue weighted by molar-refractivity contribution is 5.79. The van der Waals surface area contributed by atoms with Gasteiger partial charge in [-0.1, -0.05) is 12.1 Å². The number of piperidine rings is 1. The first kappa shape index (κ1) is 20.5. The summed E-state index contributed by atoms with van der Waals surface area (Å²) in [6.45, 7) is 7.95. The highest BCUT2D eigenvalue weighted by Crippen LogP contribution is 2.25. The molecule has 1 atom stereocenters. The second kappa shape index (κ2) is 8.96. The average molecular weight is 409 g/mol. The minimum absolute atomic E-state index is 0.0438. The topological polar surface area (TPSA) is 41.4 Å². The van der Waals surface area contributed by atoms with E-state index in [1.807, 2.05) is 43.0 Å². The lowest BCUT2D eigenvalue weighted by molar-refractivity contribution is -0.137. The maximum absolute atomic E-state index is 13.5. The fourth-order valence-corrected chi connectivity index (χ4v) is 4.45. The molecule has 158 valence electrons. The molecular formula is C24H29FN4O. The molecule has 30 heavy (non-hydrogen) atoms. The van der Waals surface area contributed by atoms with Crippen molar-refractivity contribution >= 4 is 16.9 Å². The van der Waals surface area contributed by atoms with Crippen LogP contribution < -0.4 is 0 Å². The molecule has 0 bridgehead atoms. The number of para-hydroxylation sites is 2. The molecule has 1 saturated heterocycles. The standard InChI is InChI=1S/C24H29FN4O/c1-3-28(4-2)24(30)18-8-7-15-27(16-18)17-23-26-21-9-5-6-10-22(21)29(23)20-13-11-19(25)12-14-20/h5-6,9-14,18H,3-4,7-8,15-17H2,1-2H3/t18-/m1/s1. The SMILES string of the molecule is CCN(CC)C(=O)[C@@H]1CCCN(Cc2nc3ccccc3n2-c2ccc(F)cc2)C1. The Balaban J connectivity index is 1.61. The normalized spacial score (nSPS) is 17.4. The van der Waals surface area contributed by atoms with Crippen molar-refractivity contribution < 1.29 is 9.18 Å². The summed E-state index contributed by atoms with van der Waals surface area (Å²) in [5.41, 5.74) is 2.82. The summed E-state index contributed by atoms with van der Waals surface area (Å²) in [6, 6.07) is 14.5. The van der Waals surface area contributed by atoms with E-state index in [0.717, 1.165) is 61.6 Å². The van der Waals surface area contributed by atoms with Crippen molar-refractivity contribution in [2.24, 2.45) is 5.92 Å². The van der Waals surface area contributed by atoms with E-state index < -0.39 is 0 Å². The quantitative estimate of drug-likeness (QED) is 0.612. The van der Waals surface area contributed by atoms with Gasteiger partial charge in [0, 0.05) is 25.3 Å². The molecule has 2 aromatic carbocycles. The second-order valence-corrected chi connectivity index (χ2v) is 7.91. The van der Waals surface area contributed by atoms with Crippen LogP contribution in [0.25, 0.3) is 16.7 Å². The lowest BCUT2D eigenvalue weighted by Gasteiger charge is -2.34. The van der Waals surface area contributed by atoms with Crippen molar-refractivity contribution in [3.8, 4) is 5.69 Å². The van der Waals surface area contributed by atoms with Crippen molar-refractivity contribution in [1.82, 2.24) is 19.4 Å². The molecule has 1 amide bonds. The molecule has 1 aliphatic rings. The number of nitrogens with zero attached hydrogens (tertiary/aromatic N) is 4. The molecule has 3 aromatic rings. The van der Waals surface area contributed by atoms with E-state index in [0.29, 0.717) is 6.54 Å². The summed E-state index contributed by atoms with van der Waals surface area (Å²) in [4.78, 5) is 22.0. The summed E-state index contributed by atoms with van der Waals surface area (Å²) in [7, 11) is 0. The van der Waals surface area contributed by atoms with Gasteiger partial charge in [0.05, 0.1) is 23.5 Å². The Kier molecular flexibility index (Phi) is 6.13. The predicted octanol–water partition coefficient (Wildman–Crippen LogP) is 4.25. The van der Waals surface area contributed by atoms with Crippen LogP contribution in [-0.4, -0.2) is 51.4 Å². The van der Waals surface area contributed by atoms with Gasteiger partial charge in [0.25, 0.3) is 0 Å². The van der Waals surface area contributed by atoms with Gasteiger partial charge < -0.3 is 4.90 Å². The molecule has 5 nitrogen and oxygen atoms in total. The Bertz CT molecular complexity index is 1010. The van der Waals surface area contributed by atoms with Crippen molar-refractivity contribution in [2.75, 3.05) is 26.2 Å². The van der Waals surface area contributed by atoms with Crippen LogP contribution in [0.4, 0.5) is 4.39 Å². The van der Waals surface area contributed by atoms with Gasteiger partial charge in [-0.25, -0.2) is 9.37 Å². The van der Waals surface area contributed by atoms with E-state index in [9.17, 15) is 9.18 Å². The maximum Gasteiger partial charge on any atom is 0.226 e. The molecule has 1 aromatic heterocycles. The van der Waals surface area contributed by atoms with Crippen molar-refractivity contribution in [1.29, 1.82) is 0 Å². The monoisotopic (exact) mass is 408 g/mol. The third-order valence-corrected chi connectivity index (χ3v) is 6.01. The summed E-state index contributed by atoms with van der Waals surface area (Å²) >= 11 is 0. The molecule has 0 aliphatic carbocycles. The number of imidazole rings is 1. The fourth-order valence-electron chi connectivity index (χ4n) is 4.45. The number of likely N-dealkylation sites (tertiary alicyclic amines) is 1. The molecule has 0 spiro atoms. The summed E-state index contributed by atoms with van der Waals surface area (Å²) in [6.07, 6.45) is 1.95. The van der Waals surface area contributed by atoms with Crippen LogP contribution in [0.15, 0.2) is 48.5 Å². The number of amides is 1. The summed E-state index contributed by atoms with van der Waals surface area (Å²) < 4.78 is 15.6. The first-order chi connectivity index (χ1) is 14.6. The summed E-state index contributed by atoms with van der Waals surface area (Å²) in [5, 5.41) is 0. The molecule has 2 heterocycles. The van der Waals surface area contributed by atoms with Gasteiger partial charge in [-0.3, -0.25) is 14.3 Å². The van der Waals surface area contributed by atoms with E-state index in [1.54, 1.807) is 12.1 Å². The molecule has 1 aliphatic heterocycles. The van der Waals surface area contributed by atoms with E-state index >= 15 is 0 Å². The Morgan fingerprint density at radius 2 is 1.87 bits per heavy atom. The largest absolute Gasteiger partial charge is 0.343 e. The third kappa shape index (κ3) is 4.10. The Morgan fingerprint density at radius 3 is 2.60 bits per heavy atom. The number of benzene rings is 2. The number of carbonyl (C=O) groups is 1. The molecule has 0 saturated carbocycles. The third-order valence-electron chi connectivity index (χ3n) is 6.01. The summed E-state index contributed by atoms with van der Waals surface area (Å²) in [5.74, 6) is 0.969. The fraction of sp³-hybridized carbons (Fsp3) is 0.417. The first-order valence-corrected chi connectivity index (χ1v) is 10.8. The van der Waals surface area contributed by atoms with Gasteiger partial charge in [0.1, 0.15) is 11.6 Å². The van der Waals surface area contributed by atoms with Crippen LogP contribution >= 0.6 is 0 Å². The Morgan fingerprint density at radius 1 is 1.13 bits per heavy atom. The van der Waals surface area contributed by atoms with Crippen LogP contribution in [0.1, 0.15) is 32.5 Å².